The van der Waals surface area contributed by atoms with Crippen LogP contribution in [-0.4, -0.2) is 55.0 Å². The SMILES string of the molecule is CCC(CC)C(=O)N(Cc1ccc(C(=O)NCc2ccc(OC)c(OC)c2)cc1)C1CCN(Cc2ccc(C)cc2)CC1. The second kappa shape index (κ2) is 15.6. The largest absolute Gasteiger partial charge is 0.493 e. The molecule has 2 amide bonds. The summed E-state index contributed by atoms with van der Waals surface area (Å²) in [5.41, 5.74) is 5.16. The average Bonchev–Trinajstić information content (AvgIpc) is 3.04. The minimum Gasteiger partial charge on any atom is -0.493 e. The number of hydrogen-bond donors (Lipinski definition) is 1. The van der Waals surface area contributed by atoms with Crippen LogP contribution in [0.25, 0.3) is 0 Å². The smallest absolute Gasteiger partial charge is 0.251 e. The number of ether oxygens (including phenoxy) is 2. The van der Waals surface area contributed by atoms with E-state index in [0.29, 0.717) is 30.2 Å². The predicted molar refractivity (Wildman–Crippen MR) is 171 cm³/mol. The van der Waals surface area contributed by atoms with E-state index in [9.17, 15) is 9.59 Å². The third kappa shape index (κ3) is 8.60. The molecule has 0 bridgehead atoms. The van der Waals surface area contributed by atoms with Gasteiger partial charge in [-0.15, -0.1) is 0 Å². The minimum absolute atomic E-state index is 0.0345. The molecule has 230 valence electrons. The van der Waals surface area contributed by atoms with E-state index in [-0.39, 0.29) is 23.8 Å². The summed E-state index contributed by atoms with van der Waals surface area (Å²) in [5, 5.41) is 2.98. The second-order valence-corrected chi connectivity index (χ2v) is 11.5. The van der Waals surface area contributed by atoms with Gasteiger partial charge in [-0.1, -0.05) is 61.9 Å². The van der Waals surface area contributed by atoms with E-state index in [1.165, 1.54) is 11.1 Å². The first-order valence-corrected chi connectivity index (χ1v) is 15.5. The highest BCUT2D eigenvalue weighted by atomic mass is 16.5. The van der Waals surface area contributed by atoms with Crippen LogP contribution >= 0.6 is 0 Å². The molecule has 7 heteroatoms. The Balaban J connectivity index is 1.38. The summed E-state index contributed by atoms with van der Waals surface area (Å²) in [6.07, 6.45) is 3.62. The molecule has 7 nitrogen and oxygen atoms in total. The van der Waals surface area contributed by atoms with Crippen LogP contribution in [0, 0.1) is 12.8 Å². The molecule has 3 aromatic rings. The van der Waals surface area contributed by atoms with E-state index in [4.69, 9.17) is 9.47 Å². The number of carbonyl (C=O) groups is 2. The van der Waals surface area contributed by atoms with Gasteiger partial charge in [0.1, 0.15) is 0 Å². The van der Waals surface area contributed by atoms with Gasteiger partial charge in [0.2, 0.25) is 5.91 Å². The highest BCUT2D eigenvalue weighted by Gasteiger charge is 2.31. The molecule has 0 atom stereocenters. The molecule has 1 saturated heterocycles. The summed E-state index contributed by atoms with van der Waals surface area (Å²) < 4.78 is 10.7. The van der Waals surface area contributed by atoms with Crippen molar-refractivity contribution in [3.63, 3.8) is 0 Å². The van der Waals surface area contributed by atoms with Crippen molar-refractivity contribution in [2.75, 3.05) is 27.3 Å². The molecule has 0 spiro atoms. The van der Waals surface area contributed by atoms with Gasteiger partial charge in [-0.2, -0.15) is 0 Å². The van der Waals surface area contributed by atoms with Crippen LogP contribution in [0.4, 0.5) is 0 Å². The van der Waals surface area contributed by atoms with E-state index in [1.807, 2.05) is 42.5 Å². The van der Waals surface area contributed by atoms with Crippen molar-refractivity contribution in [2.24, 2.45) is 5.92 Å². The van der Waals surface area contributed by atoms with E-state index in [1.54, 1.807) is 14.2 Å². The third-order valence-electron chi connectivity index (χ3n) is 8.61. The normalized spacial score (nSPS) is 14.0. The predicted octanol–water partition coefficient (Wildman–Crippen LogP) is 6.37. The number of nitrogens with zero attached hydrogens (tertiary/aromatic N) is 2. The molecule has 43 heavy (non-hydrogen) atoms. The number of rotatable bonds is 13. The van der Waals surface area contributed by atoms with Crippen molar-refractivity contribution >= 4 is 11.8 Å². The second-order valence-electron chi connectivity index (χ2n) is 11.5. The number of benzene rings is 3. The first-order valence-electron chi connectivity index (χ1n) is 15.5. The van der Waals surface area contributed by atoms with E-state index in [2.05, 4.69) is 60.2 Å². The lowest BCUT2D eigenvalue weighted by atomic mass is 9.96. The van der Waals surface area contributed by atoms with Gasteiger partial charge in [-0.25, -0.2) is 0 Å². The summed E-state index contributed by atoms with van der Waals surface area (Å²) >= 11 is 0. The quantitative estimate of drug-likeness (QED) is 0.252. The zero-order valence-electron chi connectivity index (χ0n) is 26.4. The standard InChI is InChI=1S/C36H47N3O4/c1-6-30(7-2)36(41)39(32-18-20-38(21-19-32)24-27-10-8-26(3)9-11-27)25-28-12-15-31(16-13-28)35(40)37-23-29-14-17-33(42-4)34(22-29)43-5/h8-17,22,30,32H,6-7,18-21,23-25H2,1-5H3,(H,37,40). The number of hydrogen-bond acceptors (Lipinski definition) is 5. The summed E-state index contributed by atoms with van der Waals surface area (Å²) in [7, 11) is 3.19. The zero-order chi connectivity index (χ0) is 30.8. The Kier molecular flexibility index (Phi) is 11.6. The molecular formula is C36H47N3O4. The number of nitrogens with one attached hydrogen (secondary N) is 1. The molecule has 0 aromatic heterocycles. The molecule has 0 radical (unpaired) electrons. The van der Waals surface area contributed by atoms with Gasteiger partial charge in [0.25, 0.3) is 5.91 Å². The van der Waals surface area contributed by atoms with Gasteiger partial charge in [0, 0.05) is 50.2 Å². The fraction of sp³-hybridized carbons (Fsp3) is 0.444. The van der Waals surface area contributed by atoms with Crippen LogP contribution in [0.15, 0.2) is 66.7 Å². The Hall–Kier alpha value is -3.84. The maximum absolute atomic E-state index is 13.7. The van der Waals surface area contributed by atoms with Crippen molar-refractivity contribution in [3.8, 4) is 11.5 Å². The molecule has 3 aromatic carbocycles. The van der Waals surface area contributed by atoms with Gasteiger partial charge in [0.05, 0.1) is 14.2 Å². The van der Waals surface area contributed by atoms with Crippen LogP contribution in [0.3, 0.4) is 0 Å². The van der Waals surface area contributed by atoms with E-state index in [0.717, 1.165) is 56.4 Å². The maximum Gasteiger partial charge on any atom is 0.251 e. The number of piperidine rings is 1. The molecule has 1 heterocycles. The highest BCUT2D eigenvalue weighted by Crippen LogP contribution is 2.28. The van der Waals surface area contributed by atoms with E-state index < -0.39 is 0 Å². The average molecular weight is 586 g/mol. The Bertz CT molecular complexity index is 1330. The van der Waals surface area contributed by atoms with Gasteiger partial charge in [-0.05, 0) is 73.6 Å². The van der Waals surface area contributed by atoms with Crippen molar-refractivity contribution in [3.05, 3.63) is 94.5 Å². The molecule has 0 unspecified atom stereocenters. The summed E-state index contributed by atoms with van der Waals surface area (Å²) in [5.74, 6) is 1.42. The molecule has 1 aliphatic heterocycles. The Morgan fingerprint density at radius 1 is 0.860 bits per heavy atom. The zero-order valence-corrected chi connectivity index (χ0v) is 26.4. The first-order chi connectivity index (χ1) is 20.8. The summed E-state index contributed by atoms with van der Waals surface area (Å²) in [6.45, 7) is 10.2. The van der Waals surface area contributed by atoms with Gasteiger partial charge >= 0.3 is 0 Å². The maximum atomic E-state index is 13.7. The topological polar surface area (TPSA) is 71.1 Å². The third-order valence-corrected chi connectivity index (χ3v) is 8.61. The van der Waals surface area contributed by atoms with Crippen molar-refractivity contribution in [2.45, 2.75) is 72.1 Å². The fourth-order valence-electron chi connectivity index (χ4n) is 5.83. The molecule has 1 fully saturated rings. The highest BCUT2D eigenvalue weighted by molar-refractivity contribution is 5.94. The van der Waals surface area contributed by atoms with Crippen LogP contribution in [0.5, 0.6) is 11.5 Å². The van der Waals surface area contributed by atoms with Crippen molar-refractivity contribution in [1.29, 1.82) is 0 Å². The van der Waals surface area contributed by atoms with Gasteiger partial charge in [0.15, 0.2) is 11.5 Å². The van der Waals surface area contributed by atoms with Crippen LogP contribution in [-0.2, 0) is 24.4 Å². The lowest BCUT2D eigenvalue weighted by Crippen LogP contribution is -2.48. The number of carbonyl (C=O) groups excluding carboxylic acids is 2. The minimum atomic E-state index is -0.146. The Morgan fingerprint density at radius 2 is 1.47 bits per heavy atom. The van der Waals surface area contributed by atoms with Crippen molar-refractivity contribution in [1.82, 2.24) is 15.1 Å². The lowest BCUT2D eigenvalue weighted by molar-refractivity contribution is -0.140. The van der Waals surface area contributed by atoms with Crippen LogP contribution < -0.4 is 14.8 Å². The Morgan fingerprint density at radius 3 is 2.07 bits per heavy atom. The molecule has 1 N–H and O–H groups in total. The molecule has 4 rings (SSSR count). The van der Waals surface area contributed by atoms with Crippen molar-refractivity contribution < 1.29 is 19.1 Å². The lowest BCUT2D eigenvalue weighted by Gasteiger charge is -2.40. The summed E-state index contributed by atoms with van der Waals surface area (Å²) in [4.78, 5) is 31.2. The first kappa shape index (κ1) is 32.1. The van der Waals surface area contributed by atoms with Crippen LogP contribution in [0.2, 0.25) is 0 Å². The molecule has 0 aliphatic carbocycles. The van der Waals surface area contributed by atoms with Gasteiger partial charge < -0.3 is 19.7 Å². The van der Waals surface area contributed by atoms with E-state index >= 15 is 0 Å². The monoisotopic (exact) mass is 585 g/mol. The summed E-state index contributed by atoms with van der Waals surface area (Å²) in [6, 6.07) is 22.2. The molecule has 1 aliphatic rings. The fourth-order valence-corrected chi connectivity index (χ4v) is 5.83. The number of amides is 2. The van der Waals surface area contributed by atoms with Gasteiger partial charge in [-0.3, -0.25) is 14.5 Å². The number of likely N-dealkylation sites (tertiary alicyclic amines) is 1. The van der Waals surface area contributed by atoms with Crippen LogP contribution in [0.1, 0.15) is 72.1 Å². The molecule has 0 saturated carbocycles. The number of methoxy groups -OCH3 is 2. The molecular weight excluding hydrogens is 538 g/mol. The number of aryl methyl sites for hydroxylation is 1. The Labute approximate surface area is 257 Å².